The van der Waals surface area contributed by atoms with Gasteiger partial charge < -0.3 is 5.32 Å². The van der Waals surface area contributed by atoms with Crippen LogP contribution in [0, 0.1) is 17.2 Å². The second-order valence-corrected chi connectivity index (χ2v) is 4.85. The van der Waals surface area contributed by atoms with Gasteiger partial charge in [0.2, 0.25) is 11.8 Å². The maximum absolute atomic E-state index is 12.1. The molecule has 0 saturated heterocycles. The highest BCUT2D eigenvalue weighted by Crippen LogP contribution is 2.22. The number of benzene rings is 1. The van der Waals surface area contributed by atoms with Crippen molar-refractivity contribution in [2.45, 2.75) is 26.8 Å². The summed E-state index contributed by atoms with van der Waals surface area (Å²) in [5, 5.41) is 11.5. The Hall–Kier alpha value is -2.35. The minimum absolute atomic E-state index is 0.0513. The van der Waals surface area contributed by atoms with Crippen LogP contribution in [0.4, 0.5) is 5.69 Å². The number of carbonyl (C=O) groups excluding carboxylic acids is 2. The zero-order valence-corrected chi connectivity index (χ0v) is 12.2. The Kier molecular flexibility index (Phi) is 5.27. The van der Waals surface area contributed by atoms with Crippen molar-refractivity contribution in [3.05, 3.63) is 29.8 Å². The molecule has 0 aliphatic carbocycles. The summed E-state index contributed by atoms with van der Waals surface area (Å²) in [6.07, 6.45) is 0. The fourth-order valence-electron chi connectivity index (χ4n) is 2.13. The van der Waals surface area contributed by atoms with Crippen molar-refractivity contribution < 1.29 is 9.59 Å². The Balaban J connectivity index is 3.31. The van der Waals surface area contributed by atoms with Gasteiger partial charge in [0.25, 0.3) is 0 Å². The highest BCUT2D eigenvalue weighted by molar-refractivity contribution is 5.99. The van der Waals surface area contributed by atoms with Crippen molar-refractivity contribution in [3.63, 3.8) is 0 Å². The van der Waals surface area contributed by atoms with Gasteiger partial charge >= 0.3 is 0 Å². The van der Waals surface area contributed by atoms with Crippen molar-refractivity contribution >= 4 is 17.5 Å². The molecule has 0 saturated carbocycles. The molecule has 1 unspecified atom stereocenters. The topological polar surface area (TPSA) is 73.2 Å². The van der Waals surface area contributed by atoms with Gasteiger partial charge in [0.1, 0.15) is 6.04 Å². The summed E-state index contributed by atoms with van der Waals surface area (Å²) in [4.78, 5) is 25.5. The third-order valence-corrected chi connectivity index (χ3v) is 3.02. The number of anilines is 1. The van der Waals surface area contributed by atoms with Gasteiger partial charge in [-0.1, -0.05) is 19.9 Å². The lowest BCUT2D eigenvalue weighted by Crippen LogP contribution is -2.51. The number of amides is 2. The fourth-order valence-corrected chi connectivity index (χ4v) is 2.13. The molecule has 20 heavy (non-hydrogen) atoms. The Labute approximate surface area is 119 Å². The van der Waals surface area contributed by atoms with Gasteiger partial charge in [-0.15, -0.1) is 0 Å². The van der Waals surface area contributed by atoms with Crippen LogP contribution >= 0.6 is 0 Å². The summed E-state index contributed by atoms with van der Waals surface area (Å²) >= 11 is 0. The number of nitriles is 1. The molecule has 5 nitrogen and oxygen atoms in total. The van der Waals surface area contributed by atoms with E-state index in [-0.39, 0.29) is 17.7 Å². The molecule has 1 rings (SSSR count). The standard InChI is InChI=1S/C15H19N3O2/c1-10(2)14(15(20)17-4)18(11(3)19)13-7-5-6-12(8-13)9-16/h5-8,10,14H,1-4H3,(H,17,20). The molecular formula is C15H19N3O2. The zero-order chi connectivity index (χ0) is 15.3. The van der Waals surface area contributed by atoms with Gasteiger partial charge in [-0.25, -0.2) is 0 Å². The smallest absolute Gasteiger partial charge is 0.243 e. The SMILES string of the molecule is CNC(=O)C(C(C)C)N(C(C)=O)c1cccc(C#N)c1. The summed E-state index contributed by atoms with van der Waals surface area (Å²) < 4.78 is 0. The first-order valence-corrected chi connectivity index (χ1v) is 6.44. The van der Waals surface area contributed by atoms with Crippen LogP contribution < -0.4 is 10.2 Å². The van der Waals surface area contributed by atoms with Crippen LogP contribution in [0.5, 0.6) is 0 Å². The van der Waals surface area contributed by atoms with E-state index in [0.717, 1.165) is 0 Å². The molecule has 0 fully saturated rings. The van der Waals surface area contributed by atoms with Gasteiger partial charge in [0.05, 0.1) is 11.6 Å². The largest absolute Gasteiger partial charge is 0.357 e. The molecule has 1 atom stereocenters. The minimum Gasteiger partial charge on any atom is -0.357 e. The van der Waals surface area contributed by atoms with E-state index < -0.39 is 6.04 Å². The van der Waals surface area contributed by atoms with E-state index in [1.807, 2.05) is 19.9 Å². The van der Waals surface area contributed by atoms with Gasteiger partial charge in [-0.2, -0.15) is 5.26 Å². The molecule has 0 radical (unpaired) electrons. The Morgan fingerprint density at radius 3 is 2.45 bits per heavy atom. The second kappa shape index (κ2) is 6.71. The highest BCUT2D eigenvalue weighted by Gasteiger charge is 2.31. The summed E-state index contributed by atoms with van der Waals surface area (Å²) in [7, 11) is 1.54. The zero-order valence-electron chi connectivity index (χ0n) is 12.2. The van der Waals surface area contributed by atoms with Crippen LogP contribution in [-0.4, -0.2) is 24.9 Å². The van der Waals surface area contributed by atoms with Crippen LogP contribution in [0.15, 0.2) is 24.3 Å². The molecule has 0 heterocycles. The summed E-state index contributed by atoms with van der Waals surface area (Å²) in [5.74, 6) is -0.510. The lowest BCUT2D eigenvalue weighted by Gasteiger charge is -2.32. The molecule has 106 valence electrons. The molecule has 1 N–H and O–H groups in total. The molecule has 0 aromatic heterocycles. The van der Waals surface area contributed by atoms with Gasteiger partial charge in [-0.05, 0) is 24.1 Å². The minimum atomic E-state index is -0.605. The van der Waals surface area contributed by atoms with E-state index in [1.54, 1.807) is 31.3 Å². The number of hydrogen-bond acceptors (Lipinski definition) is 3. The molecule has 0 bridgehead atoms. The molecule has 5 heteroatoms. The first kappa shape index (κ1) is 15.7. The molecule has 1 aromatic carbocycles. The van der Waals surface area contributed by atoms with Crippen molar-refractivity contribution in [1.82, 2.24) is 5.32 Å². The van der Waals surface area contributed by atoms with Crippen LogP contribution in [0.25, 0.3) is 0 Å². The fraction of sp³-hybridized carbons (Fsp3) is 0.400. The maximum Gasteiger partial charge on any atom is 0.243 e. The first-order valence-electron chi connectivity index (χ1n) is 6.44. The predicted octanol–water partition coefficient (Wildman–Crippen LogP) is 1.68. The van der Waals surface area contributed by atoms with E-state index in [4.69, 9.17) is 5.26 Å². The Morgan fingerprint density at radius 1 is 1.35 bits per heavy atom. The average Bonchev–Trinajstić information content (AvgIpc) is 2.42. The third kappa shape index (κ3) is 3.35. The first-order chi connectivity index (χ1) is 9.42. The Morgan fingerprint density at radius 2 is 2.00 bits per heavy atom. The molecule has 0 spiro atoms. The molecule has 0 aliphatic rings. The summed E-state index contributed by atoms with van der Waals surface area (Å²) in [5.41, 5.74) is 1.01. The number of rotatable bonds is 4. The number of likely N-dealkylation sites (N-methyl/N-ethyl adjacent to an activating group) is 1. The monoisotopic (exact) mass is 273 g/mol. The summed E-state index contributed by atoms with van der Waals surface area (Å²) in [6, 6.07) is 8.12. The van der Waals surface area contributed by atoms with Crippen LogP contribution in [0.2, 0.25) is 0 Å². The van der Waals surface area contributed by atoms with Crippen molar-refractivity contribution in [1.29, 1.82) is 5.26 Å². The molecule has 0 aliphatic heterocycles. The molecule has 1 aromatic rings. The average molecular weight is 273 g/mol. The van der Waals surface area contributed by atoms with Crippen molar-refractivity contribution in [3.8, 4) is 6.07 Å². The lowest BCUT2D eigenvalue weighted by atomic mass is 10.00. The third-order valence-electron chi connectivity index (χ3n) is 3.02. The quantitative estimate of drug-likeness (QED) is 0.907. The van der Waals surface area contributed by atoms with Gasteiger partial charge in [0.15, 0.2) is 0 Å². The second-order valence-electron chi connectivity index (χ2n) is 4.85. The number of hydrogen-bond donors (Lipinski definition) is 1. The van der Waals surface area contributed by atoms with Gasteiger partial charge in [-0.3, -0.25) is 14.5 Å². The lowest BCUT2D eigenvalue weighted by molar-refractivity contribution is -0.126. The molecular weight excluding hydrogens is 254 g/mol. The van der Waals surface area contributed by atoms with Crippen LogP contribution in [0.1, 0.15) is 26.3 Å². The predicted molar refractivity (Wildman–Crippen MR) is 77.0 cm³/mol. The molecule has 2 amide bonds. The number of nitrogens with zero attached hydrogens (tertiary/aromatic N) is 2. The van der Waals surface area contributed by atoms with Crippen LogP contribution in [0.3, 0.4) is 0 Å². The maximum atomic E-state index is 12.1. The van der Waals surface area contributed by atoms with Crippen molar-refractivity contribution in [2.24, 2.45) is 5.92 Å². The van der Waals surface area contributed by atoms with E-state index in [0.29, 0.717) is 11.3 Å². The van der Waals surface area contributed by atoms with E-state index in [1.165, 1.54) is 11.8 Å². The van der Waals surface area contributed by atoms with Gasteiger partial charge in [0, 0.05) is 19.7 Å². The summed E-state index contributed by atoms with van der Waals surface area (Å²) in [6.45, 7) is 5.17. The number of carbonyl (C=O) groups is 2. The van der Waals surface area contributed by atoms with Crippen molar-refractivity contribution in [2.75, 3.05) is 11.9 Å². The highest BCUT2D eigenvalue weighted by atomic mass is 16.2. The number of nitrogens with one attached hydrogen (secondary N) is 1. The normalized spacial score (nSPS) is 11.6. The van der Waals surface area contributed by atoms with E-state index in [9.17, 15) is 9.59 Å². The van der Waals surface area contributed by atoms with E-state index in [2.05, 4.69) is 5.32 Å². The Bertz CT molecular complexity index is 546. The van der Waals surface area contributed by atoms with E-state index >= 15 is 0 Å². The van der Waals surface area contributed by atoms with Crippen LogP contribution in [-0.2, 0) is 9.59 Å².